The minimum Gasteiger partial charge on any atom is -0.491 e. The van der Waals surface area contributed by atoms with E-state index in [0.717, 1.165) is 0 Å². The van der Waals surface area contributed by atoms with E-state index in [1.54, 1.807) is 31.2 Å². The third-order valence-electron chi connectivity index (χ3n) is 2.73. The predicted octanol–water partition coefficient (Wildman–Crippen LogP) is 2.28. The molecule has 0 saturated carbocycles. The number of aliphatic hydroxyl groups is 1. The number of rotatable bonds is 8. The normalized spacial score (nSPS) is 13.4. The number of anilines is 1. The van der Waals surface area contributed by atoms with Crippen LogP contribution >= 0.6 is 0 Å². The quantitative estimate of drug-likeness (QED) is 0.724. The summed E-state index contributed by atoms with van der Waals surface area (Å²) < 4.78 is 42.5. The summed E-state index contributed by atoms with van der Waals surface area (Å²) in [7, 11) is 0. The molecule has 1 unspecified atom stereocenters. The first-order chi connectivity index (χ1) is 9.80. The van der Waals surface area contributed by atoms with Crippen molar-refractivity contribution >= 4 is 5.69 Å². The Hall–Kier alpha value is -1.47. The Bertz CT molecular complexity index is 410. The van der Waals surface area contributed by atoms with Gasteiger partial charge in [0.05, 0.1) is 6.54 Å². The van der Waals surface area contributed by atoms with E-state index >= 15 is 0 Å². The molecule has 0 bridgehead atoms. The Morgan fingerprint density at radius 3 is 2.43 bits per heavy atom. The molecular weight excluding hydrogens is 285 g/mol. The predicted molar refractivity (Wildman–Crippen MR) is 75.1 cm³/mol. The molecule has 0 aromatic heterocycles. The van der Waals surface area contributed by atoms with Gasteiger partial charge in [-0.15, -0.1) is 0 Å². The first-order valence-electron chi connectivity index (χ1n) is 6.75. The highest BCUT2D eigenvalue weighted by Crippen LogP contribution is 2.17. The van der Waals surface area contributed by atoms with Crippen molar-refractivity contribution in [2.75, 3.05) is 32.0 Å². The Kier molecular flexibility index (Phi) is 6.77. The summed E-state index contributed by atoms with van der Waals surface area (Å²) in [6.45, 7) is 0.892. The lowest BCUT2D eigenvalue weighted by Gasteiger charge is -2.25. The molecule has 7 heteroatoms. The first-order valence-corrected chi connectivity index (χ1v) is 6.75. The van der Waals surface area contributed by atoms with Crippen LogP contribution in [0.5, 0.6) is 5.75 Å². The summed E-state index contributed by atoms with van der Waals surface area (Å²) in [4.78, 5) is 1.18. The third kappa shape index (κ3) is 7.77. The summed E-state index contributed by atoms with van der Waals surface area (Å²) in [5, 5.41) is 9.80. The van der Waals surface area contributed by atoms with Crippen molar-refractivity contribution in [2.24, 2.45) is 0 Å². The lowest BCUT2D eigenvalue weighted by atomic mass is 10.3. The average Bonchev–Trinajstić information content (AvgIpc) is 2.36. The molecule has 0 amide bonds. The number of hydrogen-bond donors (Lipinski definition) is 2. The molecule has 0 radical (unpaired) electrons. The van der Waals surface area contributed by atoms with E-state index in [2.05, 4.69) is 0 Å². The molecule has 1 atom stereocenters. The summed E-state index contributed by atoms with van der Waals surface area (Å²) in [6, 6.07) is 6.58. The van der Waals surface area contributed by atoms with Gasteiger partial charge in [-0.05, 0) is 37.2 Å². The Labute approximate surface area is 122 Å². The summed E-state index contributed by atoms with van der Waals surface area (Å²) in [6.07, 6.45) is -4.68. The average molecular weight is 306 g/mol. The maximum absolute atomic E-state index is 12.4. The second kappa shape index (κ2) is 8.09. The fourth-order valence-corrected chi connectivity index (χ4v) is 1.91. The third-order valence-corrected chi connectivity index (χ3v) is 2.73. The zero-order valence-electron chi connectivity index (χ0n) is 11.9. The summed E-state index contributed by atoms with van der Waals surface area (Å²) in [5.74, 6) is 0.515. The van der Waals surface area contributed by atoms with Crippen molar-refractivity contribution in [2.45, 2.75) is 25.6 Å². The molecular formula is C14H21F3N2O2. The molecule has 0 fully saturated rings. The van der Waals surface area contributed by atoms with E-state index in [1.807, 2.05) is 0 Å². The van der Waals surface area contributed by atoms with Gasteiger partial charge < -0.3 is 15.6 Å². The molecule has 1 aromatic carbocycles. The highest BCUT2D eigenvalue weighted by molar-refractivity contribution is 5.41. The fraction of sp³-hybridized carbons (Fsp3) is 0.571. The van der Waals surface area contributed by atoms with E-state index in [1.165, 1.54) is 4.90 Å². The van der Waals surface area contributed by atoms with E-state index in [-0.39, 0.29) is 19.7 Å². The minimum atomic E-state index is -4.27. The van der Waals surface area contributed by atoms with Crippen LogP contribution < -0.4 is 10.5 Å². The van der Waals surface area contributed by atoms with Gasteiger partial charge >= 0.3 is 6.18 Å². The number of hydrogen-bond acceptors (Lipinski definition) is 4. The van der Waals surface area contributed by atoms with E-state index in [9.17, 15) is 18.3 Å². The lowest BCUT2D eigenvalue weighted by Crippen LogP contribution is -2.41. The van der Waals surface area contributed by atoms with Gasteiger partial charge in [-0.1, -0.05) is 6.92 Å². The van der Waals surface area contributed by atoms with Gasteiger partial charge in [0.2, 0.25) is 0 Å². The van der Waals surface area contributed by atoms with Crippen molar-refractivity contribution in [3.05, 3.63) is 24.3 Å². The molecule has 0 spiro atoms. The number of nitrogens with zero attached hydrogens (tertiary/aromatic N) is 1. The molecule has 0 aliphatic rings. The molecule has 0 aliphatic carbocycles. The van der Waals surface area contributed by atoms with Crippen LogP contribution in [0, 0.1) is 0 Å². The number of halogens is 3. The molecule has 4 nitrogen and oxygen atoms in total. The maximum atomic E-state index is 12.4. The van der Waals surface area contributed by atoms with E-state index < -0.39 is 18.8 Å². The second-order valence-corrected chi connectivity index (χ2v) is 4.88. The minimum absolute atomic E-state index is 0.0675. The maximum Gasteiger partial charge on any atom is 0.401 e. The number of alkyl halides is 3. The van der Waals surface area contributed by atoms with Gasteiger partial charge in [0.25, 0.3) is 0 Å². The molecule has 3 N–H and O–H groups in total. The number of aliphatic hydroxyl groups excluding tert-OH is 1. The molecule has 0 aliphatic heterocycles. The van der Waals surface area contributed by atoms with Crippen molar-refractivity contribution < 1.29 is 23.0 Å². The number of nitrogen functional groups attached to an aromatic ring is 1. The molecule has 1 rings (SSSR count). The van der Waals surface area contributed by atoms with Gasteiger partial charge in [0.15, 0.2) is 0 Å². The summed E-state index contributed by atoms with van der Waals surface area (Å²) >= 11 is 0. The van der Waals surface area contributed by atoms with Gasteiger partial charge in [-0.2, -0.15) is 13.2 Å². The fourth-order valence-electron chi connectivity index (χ4n) is 1.91. The largest absolute Gasteiger partial charge is 0.491 e. The van der Waals surface area contributed by atoms with Crippen LogP contribution in [0.15, 0.2) is 24.3 Å². The zero-order valence-corrected chi connectivity index (χ0v) is 11.9. The van der Waals surface area contributed by atoms with Gasteiger partial charge in [0, 0.05) is 12.2 Å². The standard InChI is InChI=1S/C14H21F3N2O2/c1-2-7-19(10-14(15,16)17)8-12(20)9-21-13-5-3-11(18)4-6-13/h3-6,12,20H,2,7-10,18H2,1H3. The van der Waals surface area contributed by atoms with E-state index in [4.69, 9.17) is 10.5 Å². The van der Waals surface area contributed by atoms with Crippen molar-refractivity contribution in [1.82, 2.24) is 4.90 Å². The number of ether oxygens (including phenoxy) is 1. The highest BCUT2D eigenvalue weighted by atomic mass is 19.4. The van der Waals surface area contributed by atoms with Crippen LogP contribution in [0.3, 0.4) is 0 Å². The monoisotopic (exact) mass is 306 g/mol. The topological polar surface area (TPSA) is 58.7 Å². The van der Waals surface area contributed by atoms with Gasteiger partial charge in [0.1, 0.15) is 18.5 Å². The van der Waals surface area contributed by atoms with Crippen molar-refractivity contribution in [3.8, 4) is 5.75 Å². The Morgan fingerprint density at radius 1 is 1.29 bits per heavy atom. The summed E-state index contributed by atoms with van der Waals surface area (Å²) in [5.41, 5.74) is 6.11. The lowest BCUT2D eigenvalue weighted by molar-refractivity contribution is -0.149. The van der Waals surface area contributed by atoms with Crippen LogP contribution in [0.2, 0.25) is 0 Å². The Balaban J connectivity index is 2.42. The van der Waals surface area contributed by atoms with Crippen LogP contribution in [0.25, 0.3) is 0 Å². The van der Waals surface area contributed by atoms with Gasteiger partial charge in [-0.3, -0.25) is 4.90 Å². The molecule has 21 heavy (non-hydrogen) atoms. The van der Waals surface area contributed by atoms with E-state index in [0.29, 0.717) is 17.9 Å². The van der Waals surface area contributed by atoms with Crippen molar-refractivity contribution in [3.63, 3.8) is 0 Å². The number of nitrogens with two attached hydrogens (primary N) is 1. The SMILES string of the molecule is CCCN(CC(O)COc1ccc(N)cc1)CC(F)(F)F. The van der Waals surface area contributed by atoms with Crippen LogP contribution in [0.1, 0.15) is 13.3 Å². The first kappa shape index (κ1) is 17.6. The zero-order chi connectivity index (χ0) is 15.9. The molecule has 1 aromatic rings. The van der Waals surface area contributed by atoms with Crippen LogP contribution in [-0.4, -0.2) is 48.5 Å². The molecule has 0 saturated heterocycles. The second-order valence-electron chi connectivity index (χ2n) is 4.88. The van der Waals surface area contributed by atoms with Gasteiger partial charge in [-0.25, -0.2) is 0 Å². The highest BCUT2D eigenvalue weighted by Gasteiger charge is 2.31. The van der Waals surface area contributed by atoms with Crippen LogP contribution in [-0.2, 0) is 0 Å². The Morgan fingerprint density at radius 2 is 1.90 bits per heavy atom. The smallest absolute Gasteiger partial charge is 0.401 e. The molecule has 0 heterocycles. The molecule has 120 valence electrons. The van der Waals surface area contributed by atoms with Crippen LogP contribution in [0.4, 0.5) is 18.9 Å². The number of benzene rings is 1. The van der Waals surface area contributed by atoms with Crippen molar-refractivity contribution in [1.29, 1.82) is 0 Å².